The highest BCUT2D eigenvalue weighted by molar-refractivity contribution is 6.52. The maximum Gasteiger partial charge on any atom is 0.235 e. The van der Waals surface area contributed by atoms with E-state index in [1.807, 2.05) is 55.0 Å². The summed E-state index contributed by atoms with van der Waals surface area (Å²) in [6, 6.07) is 22.9. The summed E-state index contributed by atoms with van der Waals surface area (Å²) in [5.74, 6) is -1.02. The Morgan fingerprint density at radius 3 is 1.93 bits per heavy atom. The molecule has 5 heterocycles. The summed E-state index contributed by atoms with van der Waals surface area (Å²) in [4.78, 5) is 53.1. The Bertz CT molecular complexity index is 2060. The number of nitrogens with zero attached hydrogens (tertiary/aromatic N) is 5. The van der Waals surface area contributed by atoms with Gasteiger partial charge in [-0.1, -0.05) is 36.9 Å². The lowest BCUT2D eigenvalue weighted by molar-refractivity contribution is -0.104. The lowest BCUT2D eigenvalue weighted by Gasteiger charge is -2.15. The number of nitrogen functional groups attached to an aromatic ring is 1. The summed E-state index contributed by atoms with van der Waals surface area (Å²) >= 11 is 0. The van der Waals surface area contributed by atoms with E-state index in [0.29, 0.717) is 28.7 Å². The Morgan fingerprint density at radius 1 is 0.578 bits per heavy atom. The third kappa shape index (κ3) is 6.63. The van der Waals surface area contributed by atoms with Gasteiger partial charge in [-0.15, -0.1) is 0 Å². The molecule has 1 aliphatic rings. The van der Waals surface area contributed by atoms with Crippen LogP contribution in [0.2, 0.25) is 0 Å². The van der Waals surface area contributed by atoms with Crippen molar-refractivity contribution in [2.75, 3.05) is 5.73 Å². The number of hydrogen-bond acceptors (Lipinski definition) is 9. The van der Waals surface area contributed by atoms with Gasteiger partial charge in [0.15, 0.2) is 0 Å². The molecule has 9 heteroatoms. The van der Waals surface area contributed by atoms with Gasteiger partial charge in [-0.05, 0) is 48.5 Å². The number of aromatic nitrogens is 5. The maximum atomic E-state index is 11.8. The lowest BCUT2D eigenvalue weighted by atomic mass is 9.88. The van der Waals surface area contributed by atoms with Crippen molar-refractivity contribution < 1.29 is 14.4 Å². The second-order valence-electron chi connectivity index (χ2n) is 9.53. The van der Waals surface area contributed by atoms with Gasteiger partial charge in [0, 0.05) is 87.8 Å². The Morgan fingerprint density at radius 2 is 1.18 bits per heavy atom. The standard InChI is InChI=1S/C12H6N2O2.C12H8N2.C9H8N2.C3H4O/c15-11-8-2-1-4-14-10(8)7-3-5-13-6-9(7)12(11)16;1-2-9-3-4-10-8-13-7-5-11(10)12(9)14-6-1;10-9-3-1-2-7-6-11-5-4-8(7)9;1-2-3-4/h1-6H;1-8H;1-6H,10H2;2-3H,1H2. The Balaban J connectivity index is 0.000000128. The fourth-order valence-electron chi connectivity index (χ4n) is 4.69. The molecule has 8 rings (SSSR count). The normalized spacial score (nSPS) is 11.0. The predicted molar refractivity (Wildman–Crippen MR) is 176 cm³/mol. The van der Waals surface area contributed by atoms with Crippen molar-refractivity contribution in [2.45, 2.75) is 0 Å². The van der Waals surface area contributed by atoms with E-state index < -0.39 is 11.6 Å². The van der Waals surface area contributed by atoms with Gasteiger partial charge in [-0.2, -0.15) is 0 Å². The number of fused-ring (bicyclic) bond motifs is 7. The van der Waals surface area contributed by atoms with E-state index in [1.165, 1.54) is 17.7 Å². The van der Waals surface area contributed by atoms with Crippen molar-refractivity contribution in [3.63, 3.8) is 0 Å². The van der Waals surface area contributed by atoms with Crippen molar-refractivity contribution in [1.29, 1.82) is 0 Å². The van der Waals surface area contributed by atoms with Gasteiger partial charge in [0.2, 0.25) is 11.6 Å². The quantitative estimate of drug-likeness (QED) is 0.0746. The van der Waals surface area contributed by atoms with Crippen LogP contribution in [-0.2, 0) is 4.79 Å². The molecule has 5 aromatic heterocycles. The minimum absolute atomic E-state index is 0.332. The molecule has 218 valence electrons. The molecule has 0 amide bonds. The summed E-state index contributed by atoms with van der Waals surface area (Å²) in [7, 11) is 0. The number of carbonyl (C=O) groups excluding carboxylic acids is 3. The van der Waals surface area contributed by atoms with Gasteiger partial charge in [-0.3, -0.25) is 39.3 Å². The number of Topliss-reactive ketones (excluding diaryl/α,β-unsaturated/α-hetero) is 2. The number of hydrogen-bond donors (Lipinski definition) is 1. The molecule has 0 spiro atoms. The van der Waals surface area contributed by atoms with E-state index in [1.54, 1.807) is 43.0 Å². The highest BCUT2D eigenvalue weighted by atomic mass is 16.2. The molecule has 0 saturated carbocycles. The highest BCUT2D eigenvalue weighted by Crippen LogP contribution is 2.30. The Kier molecular flexibility index (Phi) is 9.41. The lowest BCUT2D eigenvalue weighted by Crippen LogP contribution is -2.21. The molecule has 2 N–H and O–H groups in total. The van der Waals surface area contributed by atoms with Crippen LogP contribution < -0.4 is 5.73 Å². The average molecular weight is 591 g/mol. The topological polar surface area (TPSA) is 142 Å². The van der Waals surface area contributed by atoms with E-state index in [0.717, 1.165) is 32.7 Å². The summed E-state index contributed by atoms with van der Waals surface area (Å²) in [6.07, 6.45) is 15.5. The molecule has 2 aromatic carbocycles. The third-order valence-electron chi connectivity index (χ3n) is 6.78. The van der Waals surface area contributed by atoms with E-state index >= 15 is 0 Å². The SMILES string of the molecule is C=CC=O.Nc1cccc2cnccc12.O=C1C(=O)c2cccnc2-c2ccncc21.c1cnc2c(c1)ccc1cnccc12. The molecule has 9 nitrogen and oxygen atoms in total. The van der Waals surface area contributed by atoms with Crippen LogP contribution >= 0.6 is 0 Å². The van der Waals surface area contributed by atoms with E-state index in [2.05, 4.69) is 49.7 Å². The molecule has 7 aromatic rings. The molecule has 0 bridgehead atoms. The minimum Gasteiger partial charge on any atom is -0.398 e. The van der Waals surface area contributed by atoms with Crippen molar-refractivity contribution >= 4 is 56.0 Å². The molecule has 0 saturated heterocycles. The molecule has 45 heavy (non-hydrogen) atoms. The van der Waals surface area contributed by atoms with Crippen molar-refractivity contribution in [1.82, 2.24) is 24.9 Å². The monoisotopic (exact) mass is 590 g/mol. The maximum absolute atomic E-state index is 11.8. The fraction of sp³-hybridized carbons (Fsp3) is 0. The summed E-state index contributed by atoms with van der Waals surface area (Å²) in [6.45, 7) is 3.11. The molecule has 0 unspecified atom stereocenters. The summed E-state index contributed by atoms with van der Waals surface area (Å²) in [5, 5.41) is 5.64. The first-order valence-electron chi connectivity index (χ1n) is 13.7. The summed E-state index contributed by atoms with van der Waals surface area (Å²) in [5.41, 5.74) is 9.52. The Hall–Kier alpha value is -6.48. The van der Waals surface area contributed by atoms with Crippen LogP contribution in [0.4, 0.5) is 5.69 Å². The number of pyridine rings is 5. The smallest absolute Gasteiger partial charge is 0.235 e. The number of benzene rings is 2. The number of ketones is 2. The first kappa shape index (κ1) is 30.0. The number of rotatable bonds is 1. The van der Waals surface area contributed by atoms with Crippen LogP contribution in [0.5, 0.6) is 0 Å². The first-order valence-corrected chi connectivity index (χ1v) is 13.7. The molecule has 0 aliphatic heterocycles. The number of anilines is 1. The molecule has 0 fully saturated rings. The van der Waals surface area contributed by atoms with E-state index in [4.69, 9.17) is 10.5 Å². The van der Waals surface area contributed by atoms with Crippen LogP contribution in [0, 0.1) is 0 Å². The van der Waals surface area contributed by atoms with Crippen LogP contribution in [-0.4, -0.2) is 42.8 Å². The van der Waals surface area contributed by atoms with Gasteiger partial charge < -0.3 is 5.73 Å². The zero-order valence-corrected chi connectivity index (χ0v) is 23.9. The van der Waals surface area contributed by atoms with Crippen LogP contribution in [0.1, 0.15) is 20.7 Å². The summed E-state index contributed by atoms with van der Waals surface area (Å²) < 4.78 is 0. The van der Waals surface area contributed by atoms with Crippen LogP contribution in [0.15, 0.2) is 135 Å². The zero-order valence-electron chi connectivity index (χ0n) is 23.9. The van der Waals surface area contributed by atoms with Crippen LogP contribution in [0.3, 0.4) is 0 Å². The second-order valence-corrected chi connectivity index (χ2v) is 9.53. The fourth-order valence-corrected chi connectivity index (χ4v) is 4.69. The van der Waals surface area contributed by atoms with E-state index in [9.17, 15) is 9.59 Å². The first-order chi connectivity index (χ1) is 22.0. The van der Waals surface area contributed by atoms with Gasteiger partial charge in [0.25, 0.3) is 0 Å². The number of aldehydes is 1. The van der Waals surface area contributed by atoms with Crippen LogP contribution in [0.25, 0.3) is 43.7 Å². The molecular formula is C36H26N6O3. The second kappa shape index (κ2) is 14.1. The molecular weight excluding hydrogens is 564 g/mol. The van der Waals surface area contributed by atoms with Gasteiger partial charge >= 0.3 is 0 Å². The third-order valence-corrected chi connectivity index (χ3v) is 6.78. The molecule has 0 radical (unpaired) electrons. The molecule has 1 aliphatic carbocycles. The van der Waals surface area contributed by atoms with Gasteiger partial charge in [-0.25, -0.2) is 0 Å². The predicted octanol–water partition coefficient (Wildman–Crippen LogP) is 6.49. The van der Waals surface area contributed by atoms with Crippen molar-refractivity contribution in [3.05, 3.63) is 146 Å². The van der Waals surface area contributed by atoms with Gasteiger partial charge in [0.1, 0.15) is 6.29 Å². The van der Waals surface area contributed by atoms with Crippen molar-refractivity contribution in [3.8, 4) is 11.3 Å². The van der Waals surface area contributed by atoms with Gasteiger partial charge in [0.05, 0.1) is 22.3 Å². The minimum atomic E-state index is -0.511. The van der Waals surface area contributed by atoms with Crippen molar-refractivity contribution in [2.24, 2.45) is 0 Å². The number of nitrogens with two attached hydrogens (primary N) is 1. The average Bonchev–Trinajstić information content (AvgIpc) is 3.11. The largest absolute Gasteiger partial charge is 0.398 e. The zero-order chi connectivity index (χ0) is 31.6. The van der Waals surface area contributed by atoms with E-state index in [-0.39, 0.29) is 0 Å². The number of carbonyl (C=O) groups is 3. The highest BCUT2D eigenvalue weighted by Gasteiger charge is 2.30. The Labute approximate surface area is 258 Å². The molecule has 0 atom stereocenters. The number of allylic oxidation sites excluding steroid dienone is 1.